The Kier molecular flexibility index (Phi) is 4.06. The van der Waals surface area contributed by atoms with Gasteiger partial charge in [0.1, 0.15) is 0 Å². The van der Waals surface area contributed by atoms with Gasteiger partial charge in [0.05, 0.1) is 17.6 Å². The topological polar surface area (TPSA) is 117 Å². The number of methoxy groups -OCH3 is 1. The molecule has 0 aliphatic heterocycles. The van der Waals surface area contributed by atoms with Crippen molar-refractivity contribution in [2.75, 3.05) is 13.7 Å². The number of nitrogens with two attached hydrogens (primary N) is 1. The molecule has 8 nitrogen and oxygen atoms in total. The Morgan fingerprint density at radius 1 is 1.55 bits per heavy atom. The number of nitro groups is 1. The lowest BCUT2D eigenvalue weighted by Crippen LogP contribution is -2.17. The predicted octanol–water partition coefficient (Wildman–Crippen LogP) is 1.60. The molecular weight excluding hydrogens is 264 g/mol. The van der Waals surface area contributed by atoms with Crippen LogP contribution in [0.2, 0.25) is 0 Å². The normalized spacial score (nSPS) is 12.3. The molecule has 8 heteroatoms. The molecule has 1 aromatic heterocycles. The van der Waals surface area contributed by atoms with Crippen LogP contribution in [0.25, 0.3) is 11.5 Å². The molecule has 1 atom stereocenters. The molecule has 0 saturated heterocycles. The molecule has 1 unspecified atom stereocenters. The van der Waals surface area contributed by atoms with Crippen molar-refractivity contribution < 1.29 is 14.2 Å². The summed E-state index contributed by atoms with van der Waals surface area (Å²) in [4.78, 5) is 14.6. The molecule has 1 aromatic carbocycles. The van der Waals surface area contributed by atoms with E-state index in [0.29, 0.717) is 17.0 Å². The first-order valence-electron chi connectivity index (χ1n) is 5.87. The summed E-state index contributed by atoms with van der Waals surface area (Å²) in [7, 11) is 1.52. The fourth-order valence-electron chi connectivity index (χ4n) is 1.80. The van der Waals surface area contributed by atoms with Crippen molar-refractivity contribution in [2.24, 2.45) is 5.73 Å². The molecule has 0 fully saturated rings. The highest BCUT2D eigenvalue weighted by atomic mass is 16.6. The number of nitrogens with zero attached hydrogens (tertiary/aromatic N) is 3. The maximum absolute atomic E-state index is 10.9. The van der Waals surface area contributed by atoms with Crippen LogP contribution in [0.1, 0.15) is 17.4 Å². The Labute approximate surface area is 114 Å². The molecule has 0 radical (unpaired) electrons. The van der Waals surface area contributed by atoms with Crippen LogP contribution >= 0.6 is 0 Å². The average molecular weight is 278 g/mol. The molecule has 0 amide bonds. The van der Waals surface area contributed by atoms with Crippen molar-refractivity contribution in [1.82, 2.24) is 10.1 Å². The van der Waals surface area contributed by atoms with Crippen LogP contribution in [-0.2, 0) is 4.74 Å². The summed E-state index contributed by atoms with van der Waals surface area (Å²) in [5, 5.41) is 14.7. The Bertz CT molecular complexity index is 626. The van der Waals surface area contributed by atoms with Gasteiger partial charge in [-0.2, -0.15) is 4.98 Å². The third-order valence-corrected chi connectivity index (χ3v) is 2.85. The lowest BCUT2D eigenvalue weighted by Gasteiger charge is -2.03. The second-order valence-electron chi connectivity index (χ2n) is 4.23. The minimum absolute atomic E-state index is 0.00319. The third-order valence-electron chi connectivity index (χ3n) is 2.85. The highest BCUT2D eigenvalue weighted by molar-refractivity contribution is 5.64. The minimum Gasteiger partial charge on any atom is -0.383 e. The van der Waals surface area contributed by atoms with Crippen LogP contribution in [0.5, 0.6) is 0 Å². The Morgan fingerprint density at radius 3 is 2.95 bits per heavy atom. The highest BCUT2D eigenvalue weighted by Gasteiger charge is 2.20. The first-order valence-corrected chi connectivity index (χ1v) is 5.87. The zero-order valence-corrected chi connectivity index (χ0v) is 11.1. The number of nitro benzene ring substituents is 1. The largest absolute Gasteiger partial charge is 0.383 e. The van der Waals surface area contributed by atoms with Crippen LogP contribution in [0.3, 0.4) is 0 Å². The molecular formula is C12H14N4O4. The lowest BCUT2D eigenvalue weighted by atomic mass is 10.1. The van der Waals surface area contributed by atoms with E-state index in [4.69, 9.17) is 15.0 Å². The number of rotatable bonds is 5. The second kappa shape index (κ2) is 5.76. The van der Waals surface area contributed by atoms with Gasteiger partial charge < -0.3 is 15.0 Å². The third kappa shape index (κ3) is 2.65. The van der Waals surface area contributed by atoms with Crippen LogP contribution in [0.4, 0.5) is 5.69 Å². The van der Waals surface area contributed by atoms with Crippen LogP contribution < -0.4 is 5.73 Å². The number of aromatic nitrogens is 2. The van der Waals surface area contributed by atoms with Gasteiger partial charge in [-0.05, 0) is 13.0 Å². The monoisotopic (exact) mass is 278 g/mol. The van der Waals surface area contributed by atoms with E-state index in [1.165, 1.54) is 13.2 Å². The van der Waals surface area contributed by atoms with E-state index in [1.54, 1.807) is 19.1 Å². The van der Waals surface area contributed by atoms with Gasteiger partial charge in [0.25, 0.3) is 11.6 Å². The molecule has 0 bridgehead atoms. The van der Waals surface area contributed by atoms with Crippen LogP contribution in [0, 0.1) is 17.0 Å². The molecule has 2 aromatic rings. The van der Waals surface area contributed by atoms with Crippen molar-refractivity contribution in [2.45, 2.75) is 13.0 Å². The number of benzene rings is 1. The van der Waals surface area contributed by atoms with E-state index in [-0.39, 0.29) is 18.2 Å². The van der Waals surface area contributed by atoms with Crippen molar-refractivity contribution >= 4 is 5.69 Å². The zero-order chi connectivity index (χ0) is 14.7. The number of hydrogen-bond donors (Lipinski definition) is 1. The molecule has 0 aliphatic rings. The SMILES string of the molecule is COCC(N)c1noc(-c2cccc([N+](=O)[O-])c2C)n1. The van der Waals surface area contributed by atoms with Gasteiger partial charge in [0.2, 0.25) is 0 Å². The van der Waals surface area contributed by atoms with E-state index in [9.17, 15) is 10.1 Å². The van der Waals surface area contributed by atoms with Gasteiger partial charge in [0.15, 0.2) is 5.82 Å². The maximum Gasteiger partial charge on any atom is 0.273 e. The van der Waals surface area contributed by atoms with E-state index >= 15 is 0 Å². The number of ether oxygens (including phenoxy) is 1. The molecule has 2 N–H and O–H groups in total. The van der Waals surface area contributed by atoms with Crippen molar-refractivity contribution in [3.05, 3.63) is 39.7 Å². The predicted molar refractivity (Wildman–Crippen MR) is 69.9 cm³/mol. The van der Waals surface area contributed by atoms with Gasteiger partial charge in [-0.15, -0.1) is 0 Å². The average Bonchev–Trinajstić information content (AvgIpc) is 2.88. The first-order chi connectivity index (χ1) is 9.54. The molecule has 0 aliphatic carbocycles. The lowest BCUT2D eigenvalue weighted by molar-refractivity contribution is -0.385. The Balaban J connectivity index is 2.38. The molecule has 1 heterocycles. The summed E-state index contributed by atoms with van der Waals surface area (Å²) in [5.41, 5.74) is 6.78. The fraction of sp³-hybridized carbons (Fsp3) is 0.333. The van der Waals surface area contributed by atoms with Crippen LogP contribution in [-0.4, -0.2) is 28.8 Å². The highest BCUT2D eigenvalue weighted by Crippen LogP contribution is 2.29. The molecule has 106 valence electrons. The maximum atomic E-state index is 10.9. The smallest absolute Gasteiger partial charge is 0.273 e. The van der Waals surface area contributed by atoms with Crippen LogP contribution in [0.15, 0.2) is 22.7 Å². The molecule has 2 rings (SSSR count). The zero-order valence-electron chi connectivity index (χ0n) is 11.1. The summed E-state index contributed by atoms with van der Waals surface area (Å²) in [6, 6.07) is 4.17. The molecule has 20 heavy (non-hydrogen) atoms. The fourth-order valence-corrected chi connectivity index (χ4v) is 1.80. The standard InChI is InChI=1S/C12H14N4O4/c1-7-8(4-3-5-10(7)16(17)18)12-14-11(15-20-12)9(13)6-19-2/h3-5,9H,6,13H2,1-2H3. The van der Waals surface area contributed by atoms with Crippen molar-refractivity contribution in [3.8, 4) is 11.5 Å². The quantitative estimate of drug-likeness (QED) is 0.651. The summed E-state index contributed by atoms with van der Waals surface area (Å²) in [6.45, 7) is 1.89. The van der Waals surface area contributed by atoms with E-state index in [1.807, 2.05) is 0 Å². The minimum atomic E-state index is -0.503. The van der Waals surface area contributed by atoms with E-state index in [0.717, 1.165) is 0 Å². The molecule has 0 saturated carbocycles. The van der Waals surface area contributed by atoms with Gasteiger partial charge in [-0.3, -0.25) is 10.1 Å². The summed E-state index contributed by atoms with van der Waals surface area (Å²) < 4.78 is 10.0. The Hall–Kier alpha value is -2.32. The summed E-state index contributed by atoms with van der Waals surface area (Å²) >= 11 is 0. The second-order valence-corrected chi connectivity index (χ2v) is 4.23. The number of hydrogen-bond acceptors (Lipinski definition) is 7. The van der Waals surface area contributed by atoms with Crippen molar-refractivity contribution in [3.63, 3.8) is 0 Å². The Morgan fingerprint density at radius 2 is 2.30 bits per heavy atom. The van der Waals surface area contributed by atoms with E-state index < -0.39 is 11.0 Å². The first kappa shape index (κ1) is 14.1. The van der Waals surface area contributed by atoms with Crippen molar-refractivity contribution in [1.29, 1.82) is 0 Å². The van der Waals surface area contributed by atoms with E-state index in [2.05, 4.69) is 10.1 Å². The van der Waals surface area contributed by atoms with Gasteiger partial charge in [-0.25, -0.2) is 0 Å². The summed E-state index contributed by atoms with van der Waals surface area (Å²) in [6.07, 6.45) is 0. The molecule has 0 spiro atoms. The van der Waals surface area contributed by atoms with Gasteiger partial charge in [0, 0.05) is 24.3 Å². The van der Waals surface area contributed by atoms with Gasteiger partial charge >= 0.3 is 0 Å². The summed E-state index contributed by atoms with van der Waals surface area (Å²) in [5.74, 6) is 0.500. The van der Waals surface area contributed by atoms with Gasteiger partial charge in [-0.1, -0.05) is 11.2 Å².